The highest BCUT2D eigenvalue weighted by atomic mass is 16.5. The molecule has 1 aromatic rings. The van der Waals surface area contributed by atoms with Crippen molar-refractivity contribution < 1.29 is 14.4 Å². The number of nitrogens with zero attached hydrogens (tertiary/aromatic N) is 1. The minimum Gasteiger partial charge on any atom is -0.480 e. The van der Waals surface area contributed by atoms with Gasteiger partial charge in [-0.2, -0.15) is 0 Å². The molecule has 1 aromatic heterocycles. The van der Waals surface area contributed by atoms with E-state index in [4.69, 9.17) is 15.4 Å². The van der Waals surface area contributed by atoms with E-state index < -0.39 is 11.4 Å². The Bertz CT molecular complexity index is 366. The normalized spacial score (nSPS) is 31.1. The largest absolute Gasteiger partial charge is 0.480 e. The lowest BCUT2D eigenvalue weighted by atomic mass is 9.64. The Labute approximate surface area is 80.9 Å². The quantitative estimate of drug-likeness (QED) is 0.715. The Balaban J connectivity index is 2.34. The van der Waals surface area contributed by atoms with Gasteiger partial charge in [-0.1, -0.05) is 5.16 Å². The number of nitrogens with two attached hydrogens (primary N) is 1. The Morgan fingerprint density at radius 3 is 2.79 bits per heavy atom. The molecule has 0 amide bonds. The molecule has 76 valence electrons. The summed E-state index contributed by atoms with van der Waals surface area (Å²) in [5.41, 5.74) is 5.38. The van der Waals surface area contributed by atoms with Crippen molar-refractivity contribution >= 4 is 5.97 Å². The number of hydrogen-bond acceptors (Lipinski definition) is 4. The second-order valence-corrected chi connectivity index (χ2v) is 3.89. The summed E-state index contributed by atoms with van der Waals surface area (Å²) >= 11 is 0. The molecule has 3 N–H and O–H groups in total. The molecule has 1 saturated carbocycles. The van der Waals surface area contributed by atoms with Crippen molar-refractivity contribution in [2.24, 2.45) is 5.73 Å². The molecule has 2 rings (SSSR count). The van der Waals surface area contributed by atoms with Crippen molar-refractivity contribution in [3.8, 4) is 0 Å². The summed E-state index contributed by atoms with van der Waals surface area (Å²) in [6, 6.07) is 1.62. The van der Waals surface area contributed by atoms with Crippen molar-refractivity contribution in [3.05, 3.63) is 17.5 Å². The monoisotopic (exact) mass is 196 g/mol. The van der Waals surface area contributed by atoms with Gasteiger partial charge in [0.25, 0.3) is 0 Å². The Kier molecular flexibility index (Phi) is 1.85. The lowest BCUT2D eigenvalue weighted by Gasteiger charge is -2.40. The second-order valence-electron chi connectivity index (χ2n) is 3.89. The first-order valence-corrected chi connectivity index (χ1v) is 4.47. The van der Waals surface area contributed by atoms with E-state index >= 15 is 0 Å². The highest BCUT2D eigenvalue weighted by Crippen LogP contribution is 2.43. The molecule has 5 heteroatoms. The molecule has 14 heavy (non-hydrogen) atoms. The van der Waals surface area contributed by atoms with Gasteiger partial charge >= 0.3 is 5.97 Å². The third-order valence-corrected chi connectivity index (χ3v) is 2.73. The molecule has 0 unspecified atom stereocenters. The van der Waals surface area contributed by atoms with Gasteiger partial charge in [0.1, 0.15) is 5.41 Å². The van der Waals surface area contributed by atoms with Crippen LogP contribution in [0.1, 0.15) is 24.3 Å². The first-order chi connectivity index (χ1) is 6.54. The molecule has 0 aliphatic heterocycles. The van der Waals surface area contributed by atoms with Gasteiger partial charge in [0.2, 0.25) is 0 Å². The van der Waals surface area contributed by atoms with E-state index in [-0.39, 0.29) is 6.04 Å². The first kappa shape index (κ1) is 9.21. The molecule has 1 aliphatic rings. The third-order valence-electron chi connectivity index (χ3n) is 2.73. The number of aryl methyl sites for hydroxylation is 1. The molecule has 1 aliphatic carbocycles. The van der Waals surface area contributed by atoms with Crippen LogP contribution in [0.25, 0.3) is 0 Å². The van der Waals surface area contributed by atoms with E-state index in [0.717, 1.165) is 0 Å². The fourth-order valence-electron chi connectivity index (χ4n) is 1.91. The smallest absolute Gasteiger partial charge is 0.317 e. The van der Waals surface area contributed by atoms with Gasteiger partial charge in [0, 0.05) is 12.1 Å². The number of carboxylic acids is 1. The average molecular weight is 196 g/mol. The number of carbonyl (C=O) groups is 1. The van der Waals surface area contributed by atoms with Crippen molar-refractivity contribution in [1.29, 1.82) is 0 Å². The van der Waals surface area contributed by atoms with Crippen molar-refractivity contribution in [2.75, 3.05) is 0 Å². The molecule has 1 heterocycles. The van der Waals surface area contributed by atoms with E-state index in [2.05, 4.69) is 5.16 Å². The lowest BCUT2D eigenvalue weighted by Crippen LogP contribution is -2.53. The molecule has 5 nitrogen and oxygen atoms in total. The van der Waals surface area contributed by atoms with Crippen LogP contribution < -0.4 is 5.73 Å². The topological polar surface area (TPSA) is 89.3 Å². The summed E-state index contributed by atoms with van der Waals surface area (Å²) in [4.78, 5) is 11.1. The van der Waals surface area contributed by atoms with Crippen LogP contribution in [-0.4, -0.2) is 22.3 Å². The standard InChI is InChI=1S/C9H12N2O3/c1-5-2-7(14-11-5)9(8(12)13)3-6(10)4-9/h2,6H,3-4,10H2,1H3,(H,12,13). The molecular formula is C9H12N2O3. The van der Waals surface area contributed by atoms with Crippen LogP contribution in [0.2, 0.25) is 0 Å². The zero-order chi connectivity index (χ0) is 10.3. The molecular weight excluding hydrogens is 184 g/mol. The zero-order valence-electron chi connectivity index (χ0n) is 7.86. The predicted octanol–water partition coefficient (Wildman–Crippen LogP) is 0.427. The summed E-state index contributed by atoms with van der Waals surface area (Å²) in [5, 5.41) is 12.8. The molecule has 0 atom stereocenters. The Hall–Kier alpha value is -1.36. The third kappa shape index (κ3) is 1.13. The highest BCUT2D eigenvalue weighted by Gasteiger charge is 2.53. The van der Waals surface area contributed by atoms with Crippen LogP contribution in [0.4, 0.5) is 0 Å². The fraction of sp³-hybridized carbons (Fsp3) is 0.556. The molecule has 0 saturated heterocycles. The van der Waals surface area contributed by atoms with Gasteiger partial charge < -0.3 is 15.4 Å². The molecule has 0 aromatic carbocycles. The summed E-state index contributed by atoms with van der Waals surface area (Å²) < 4.78 is 4.99. The minimum absolute atomic E-state index is 0.0449. The van der Waals surface area contributed by atoms with Crippen LogP contribution >= 0.6 is 0 Å². The molecule has 0 spiro atoms. The van der Waals surface area contributed by atoms with Crippen molar-refractivity contribution in [1.82, 2.24) is 5.16 Å². The number of aromatic nitrogens is 1. The van der Waals surface area contributed by atoms with Crippen LogP contribution in [0.3, 0.4) is 0 Å². The van der Waals surface area contributed by atoms with E-state index in [0.29, 0.717) is 24.3 Å². The average Bonchev–Trinajstić information content (AvgIpc) is 2.45. The maximum atomic E-state index is 11.1. The number of rotatable bonds is 2. The van der Waals surface area contributed by atoms with Crippen LogP contribution in [-0.2, 0) is 10.2 Å². The molecule has 0 bridgehead atoms. The van der Waals surface area contributed by atoms with Gasteiger partial charge in [-0.25, -0.2) is 0 Å². The summed E-state index contributed by atoms with van der Waals surface area (Å²) in [6.45, 7) is 1.77. The zero-order valence-corrected chi connectivity index (χ0v) is 7.86. The number of aliphatic carboxylic acids is 1. The summed E-state index contributed by atoms with van der Waals surface area (Å²) in [7, 11) is 0. The fourth-order valence-corrected chi connectivity index (χ4v) is 1.91. The Morgan fingerprint density at radius 2 is 2.43 bits per heavy atom. The number of hydrogen-bond donors (Lipinski definition) is 2. The van der Waals surface area contributed by atoms with Crippen LogP contribution in [0, 0.1) is 6.92 Å². The maximum Gasteiger partial charge on any atom is 0.317 e. The van der Waals surface area contributed by atoms with Gasteiger partial charge in [-0.05, 0) is 19.8 Å². The van der Waals surface area contributed by atoms with Gasteiger partial charge in [0.15, 0.2) is 5.76 Å². The lowest BCUT2D eigenvalue weighted by molar-refractivity contribution is -0.149. The van der Waals surface area contributed by atoms with Gasteiger partial charge in [-0.15, -0.1) is 0 Å². The Morgan fingerprint density at radius 1 is 1.79 bits per heavy atom. The summed E-state index contributed by atoms with van der Waals surface area (Å²) in [6.07, 6.45) is 0.855. The van der Waals surface area contributed by atoms with E-state index in [1.54, 1.807) is 13.0 Å². The van der Waals surface area contributed by atoms with Gasteiger partial charge in [0.05, 0.1) is 5.69 Å². The van der Waals surface area contributed by atoms with Crippen molar-refractivity contribution in [3.63, 3.8) is 0 Å². The van der Waals surface area contributed by atoms with E-state index in [9.17, 15) is 4.79 Å². The second kappa shape index (κ2) is 2.81. The van der Waals surface area contributed by atoms with Crippen LogP contribution in [0.15, 0.2) is 10.6 Å². The summed E-state index contributed by atoms with van der Waals surface area (Å²) in [5.74, 6) is -0.459. The van der Waals surface area contributed by atoms with Crippen molar-refractivity contribution in [2.45, 2.75) is 31.2 Å². The first-order valence-electron chi connectivity index (χ1n) is 4.47. The maximum absolute atomic E-state index is 11.1. The minimum atomic E-state index is -0.930. The van der Waals surface area contributed by atoms with E-state index in [1.165, 1.54) is 0 Å². The molecule has 0 radical (unpaired) electrons. The van der Waals surface area contributed by atoms with E-state index in [1.807, 2.05) is 0 Å². The molecule has 1 fully saturated rings. The number of carboxylic acid groups (broad SMARTS) is 1. The van der Waals surface area contributed by atoms with Gasteiger partial charge in [-0.3, -0.25) is 4.79 Å². The SMILES string of the molecule is Cc1cc(C2(C(=O)O)CC(N)C2)on1. The predicted molar refractivity (Wildman–Crippen MR) is 47.8 cm³/mol. The van der Waals surface area contributed by atoms with Crippen LogP contribution in [0.5, 0.6) is 0 Å². The highest BCUT2D eigenvalue weighted by molar-refractivity contribution is 5.82.